The molecule has 0 aliphatic carbocycles. The number of nitrogen functional groups attached to an aromatic ring is 1. The van der Waals surface area contributed by atoms with Crippen LogP contribution in [0.4, 0.5) is 5.69 Å². The zero-order valence-electron chi connectivity index (χ0n) is 14.4. The third-order valence-electron chi connectivity index (χ3n) is 3.41. The van der Waals surface area contributed by atoms with Crippen molar-refractivity contribution in [2.45, 2.75) is 33.2 Å². The van der Waals surface area contributed by atoms with Crippen LogP contribution < -0.4 is 11.1 Å². The molecule has 7 heteroatoms. The highest BCUT2D eigenvalue weighted by Crippen LogP contribution is 2.17. The monoisotopic (exact) mass is 336 g/mol. The molecular weight excluding hydrogens is 312 g/mol. The van der Waals surface area contributed by atoms with Gasteiger partial charge >= 0.3 is 11.9 Å². The molecule has 0 heterocycles. The number of nitrogens with one attached hydrogen (secondary N) is 1. The quantitative estimate of drug-likeness (QED) is 0.576. The number of hydrogen-bond acceptors (Lipinski definition) is 6. The van der Waals surface area contributed by atoms with Gasteiger partial charge in [-0.2, -0.15) is 0 Å². The van der Waals surface area contributed by atoms with Crippen molar-refractivity contribution >= 4 is 23.5 Å². The predicted molar refractivity (Wildman–Crippen MR) is 89.3 cm³/mol. The van der Waals surface area contributed by atoms with Crippen molar-refractivity contribution in [3.05, 3.63) is 29.3 Å². The first-order valence-corrected chi connectivity index (χ1v) is 7.65. The summed E-state index contributed by atoms with van der Waals surface area (Å²) >= 11 is 0. The maximum absolute atomic E-state index is 12.0. The maximum atomic E-state index is 12.0. The Morgan fingerprint density at radius 2 is 1.92 bits per heavy atom. The fourth-order valence-electron chi connectivity index (χ4n) is 2.13. The van der Waals surface area contributed by atoms with Crippen LogP contribution in [0.5, 0.6) is 0 Å². The Balaban J connectivity index is 2.62. The topological polar surface area (TPSA) is 108 Å². The van der Waals surface area contributed by atoms with Crippen LogP contribution in [0.15, 0.2) is 18.2 Å². The Bertz CT molecular complexity index is 613. The first kappa shape index (κ1) is 19.5. The molecule has 0 aromatic heterocycles. The van der Waals surface area contributed by atoms with E-state index in [1.807, 2.05) is 13.8 Å². The molecule has 132 valence electrons. The standard InChI is InChI=1S/C17H24N2O5/c1-10(2)8-13(17(22)23-4)19-14(20)9-24-16(21)12-7-5-6-11(3)15(12)18/h5-7,10,13H,8-9,18H2,1-4H3,(H,19,20)/t13-/m0/s1. The molecule has 7 nitrogen and oxygen atoms in total. The molecule has 1 amide bonds. The lowest BCUT2D eigenvalue weighted by Gasteiger charge is -2.18. The van der Waals surface area contributed by atoms with Gasteiger partial charge in [0.05, 0.1) is 12.7 Å². The number of anilines is 1. The van der Waals surface area contributed by atoms with E-state index < -0.39 is 30.5 Å². The van der Waals surface area contributed by atoms with Crippen LogP contribution >= 0.6 is 0 Å². The fraction of sp³-hybridized carbons (Fsp3) is 0.471. The van der Waals surface area contributed by atoms with E-state index in [-0.39, 0.29) is 11.5 Å². The molecule has 1 aromatic carbocycles. The van der Waals surface area contributed by atoms with E-state index in [4.69, 9.17) is 10.5 Å². The summed E-state index contributed by atoms with van der Waals surface area (Å²) in [5.41, 5.74) is 7.09. The minimum Gasteiger partial charge on any atom is -0.467 e. The third-order valence-corrected chi connectivity index (χ3v) is 3.41. The van der Waals surface area contributed by atoms with E-state index in [9.17, 15) is 14.4 Å². The van der Waals surface area contributed by atoms with Crippen LogP contribution in [0.1, 0.15) is 36.2 Å². The highest BCUT2D eigenvalue weighted by Gasteiger charge is 2.23. The predicted octanol–water partition coefficient (Wildman–Crippen LogP) is 1.44. The normalized spacial score (nSPS) is 11.7. The van der Waals surface area contributed by atoms with Crippen LogP contribution in [0, 0.1) is 12.8 Å². The molecule has 0 radical (unpaired) electrons. The fourth-order valence-corrected chi connectivity index (χ4v) is 2.13. The maximum Gasteiger partial charge on any atom is 0.340 e. The van der Waals surface area contributed by atoms with Crippen LogP contribution in [0.3, 0.4) is 0 Å². The van der Waals surface area contributed by atoms with Gasteiger partial charge in [0.1, 0.15) is 6.04 Å². The summed E-state index contributed by atoms with van der Waals surface area (Å²) in [6.07, 6.45) is 0.428. The molecule has 24 heavy (non-hydrogen) atoms. The first-order chi connectivity index (χ1) is 11.3. The van der Waals surface area contributed by atoms with E-state index in [0.717, 1.165) is 5.56 Å². The van der Waals surface area contributed by atoms with Crippen molar-refractivity contribution in [3.8, 4) is 0 Å². The van der Waals surface area contributed by atoms with Gasteiger partial charge in [-0.25, -0.2) is 9.59 Å². The van der Waals surface area contributed by atoms with Crippen LogP contribution in [0.25, 0.3) is 0 Å². The van der Waals surface area contributed by atoms with E-state index in [2.05, 4.69) is 10.1 Å². The number of rotatable bonds is 7. The molecule has 0 aliphatic rings. The molecule has 1 atom stereocenters. The minimum atomic E-state index is -0.773. The second kappa shape index (κ2) is 8.90. The summed E-state index contributed by atoms with van der Waals surface area (Å²) < 4.78 is 9.62. The van der Waals surface area contributed by atoms with Crippen molar-refractivity contribution in [1.29, 1.82) is 0 Å². The highest BCUT2D eigenvalue weighted by atomic mass is 16.5. The molecule has 0 saturated heterocycles. The van der Waals surface area contributed by atoms with Crippen LogP contribution in [0.2, 0.25) is 0 Å². The van der Waals surface area contributed by atoms with E-state index >= 15 is 0 Å². The Labute approximate surface area is 141 Å². The number of carbonyl (C=O) groups is 3. The van der Waals surface area contributed by atoms with Crippen molar-refractivity contribution in [2.24, 2.45) is 5.92 Å². The lowest BCUT2D eigenvalue weighted by Crippen LogP contribution is -2.44. The zero-order valence-corrected chi connectivity index (χ0v) is 14.4. The van der Waals surface area contributed by atoms with E-state index in [1.165, 1.54) is 13.2 Å². The van der Waals surface area contributed by atoms with Crippen molar-refractivity contribution in [1.82, 2.24) is 5.32 Å². The summed E-state index contributed by atoms with van der Waals surface area (Å²) in [6, 6.07) is 4.20. The number of amides is 1. The second-order valence-corrected chi connectivity index (χ2v) is 5.89. The second-order valence-electron chi connectivity index (χ2n) is 5.89. The number of para-hydroxylation sites is 1. The molecule has 0 aliphatic heterocycles. The number of methoxy groups -OCH3 is 1. The lowest BCUT2D eigenvalue weighted by atomic mass is 10.0. The number of esters is 2. The molecule has 1 rings (SSSR count). The summed E-state index contributed by atoms with van der Waals surface area (Å²) in [5, 5.41) is 2.51. The molecule has 0 spiro atoms. The number of nitrogens with two attached hydrogens (primary N) is 1. The SMILES string of the molecule is COC(=O)[C@H](CC(C)C)NC(=O)COC(=O)c1cccc(C)c1N. The lowest BCUT2D eigenvalue weighted by molar-refractivity contribution is -0.145. The van der Waals surface area contributed by atoms with Gasteiger partial charge in [0, 0.05) is 5.69 Å². The van der Waals surface area contributed by atoms with Gasteiger partial charge in [0.25, 0.3) is 5.91 Å². The van der Waals surface area contributed by atoms with E-state index in [1.54, 1.807) is 19.1 Å². The van der Waals surface area contributed by atoms with Crippen molar-refractivity contribution in [2.75, 3.05) is 19.5 Å². The number of hydrogen-bond donors (Lipinski definition) is 2. The molecule has 0 unspecified atom stereocenters. The minimum absolute atomic E-state index is 0.184. The van der Waals surface area contributed by atoms with Crippen LogP contribution in [-0.4, -0.2) is 37.6 Å². The average molecular weight is 336 g/mol. The Morgan fingerprint density at radius 1 is 1.25 bits per heavy atom. The number of benzene rings is 1. The van der Waals surface area contributed by atoms with Gasteiger partial charge in [0.15, 0.2) is 6.61 Å². The Morgan fingerprint density at radius 3 is 2.50 bits per heavy atom. The van der Waals surface area contributed by atoms with Gasteiger partial charge in [0.2, 0.25) is 0 Å². The Kier molecular flexibility index (Phi) is 7.23. The van der Waals surface area contributed by atoms with Gasteiger partial charge in [-0.05, 0) is 30.9 Å². The van der Waals surface area contributed by atoms with Crippen molar-refractivity contribution < 1.29 is 23.9 Å². The van der Waals surface area contributed by atoms with Crippen LogP contribution in [-0.2, 0) is 19.1 Å². The third kappa shape index (κ3) is 5.57. The highest BCUT2D eigenvalue weighted by molar-refractivity contribution is 5.97. The Hall–Kier alpha value is -2.57. The van der Waals surface area contributed by atoms with Gasteiger partial charge in [-0.15, -0.1) is 0 Å². The average Bonchev–Trinajstić information content (AvgIpc) is 2.53. The van der Waals surface area contributed by atoms with Gasteiger partial charge in [-0.1, -0.05) is 26.0 Å². The van der Waals surface area contributed by atoms with Gasteiger partial charge < -0.3 is 20.5 Å². The summed E-state index contributed by atoms with van der Waals surface area (Å²) in [4.78, 5) is 35.6. The summed E-state index contributed by atoms with van der Waals surface area (Å²) in [6.45, 7) is 5.11. The summed E-state index contributed by atoms with van der Waals surface area (Å²) in [5.74, 6) is -1.62. The zero-order chi connectivity index (χ0) is 18.3. The van der Waals surface area contributed by atoms with Gasteiger partial charge in [-0.3, -0.25) is 4.79 Å². The van der Waals surface area contributed by atoms with Crippen molar-refractivity contribution in [3.63, 3.8) is 0 Å². The molecule has 1 aromatic rings. The number of ether oxygens (including phenoxy) is 2. The molecule has 0 saturated carbocycles. The largest absolute Gasteiger partial charge is 0.467 e. The number of aryl methyl sites for hydroxylation is 1. The summed E-state index contributed by atoms with van der Waals surface area (Å²) in [7, 11) is 1.25. The molecule has 0 bridgehead atoms. The molecular formula is C17H24N2O5. The smallest absolute Gasteiger partial charge is 0.340 e. The first-order valence-electron chi connectivity index (χ1n) is 7.65. The molecule has 3 N–H and O–H groups in total. The number of carbonyl (C=O) groups excluding carboxylic acids is 3. The van der Waals surface area contributed by atoms with E-state index in [0.29, 0.717) is 12.1 Å². The molecule has 0 fully saturated rings.